The fourth-order valence-electron chi connectivity index (χ4n) is 2.67. The molecule has 90 valence electrons. The summed E-state index contributed by atoms with van der Waals surface area (Å²) in [5, 5.41) is 8.14. The van der Waals surface area contributed by atoms with E-state index in [-0.39, 0.29) is 20.9 Å². The van der Waals surface area contributed by atoms with Crippen molar-refractivity contribution in [2.45, 2.75) is 7.43 Å². The maximum Gasteiger partial charge on any atom is -0.00268 e. The zero-order valence-electron chi connectivity index (χ0n) is 9.27. The Bertz CT molecular complexity index is 672. The third-order valence-corrected chi connectivity index (χ3v) is 3.39. The van der Waals surface area contributed by atoms with Gasteiger partial charge < -0.3 is 0 Å². The zero-order valence-corrected chi connectivity index (χ0v) is 10.3. The minimum absolute atomic E-state index is 0. The molecule has 18 heavy (non-hydrogen) atoms. The van der Waals surface area contributed by atoms with Gasteiger partial charge in [0.05, 0.1) is 0 Å². The van der Waals surface area contributed by atoms with E-state index in [9.17, 15) is 0 Å². The van der Waals surface area contributed by atoms with Crippen molar-refractivity contribution in [1.82, 2.24) is 0 Å². The first-order valence-electron chi connectivity index (χ1n) is 5.56. The lowest BCUT2D eigenvalue weighted by Crippen LogP contribution is -1.82. The van der Waals surface area contributed by atoms with Gasteiger partial charge in [-0.2, -0.15) is 13.5 Å². The second kappa shape index (κ2) is 4.51. The predicted molar refractivity (Wildman–Crippen MR) is 87.3 cm³/mol. The van der Waals surface area contributed by atoms with Gasteiger partial charge in [0.15, 0.2) is 0 Å². The van der Waals surface area contributed by atoms with Crippen LogP contribution in [0.25, 0.3) is 32.3 Å². The van der Waals surface area contributed by atoms with Gasteiger partial charge in [-0.1, -0.05) is 68.1 Å². The molecule has 4 rings (SSSR count). The predicted octanol–water partition coefficient (Wildman–Crippen LogP) is 5.33. The Morgan fingerprint density at radius 2 is 0.722 bits per heavy atom. The van der Waals surface area contributed by atoms with Gasteiger partial charge in [-0.25, -0.2) is 0 Å². The fraction of sp³-hybridized carbons (Fsp3) is 0.0588. The first-order valence-corrected chi connectivity index (χ1v) is 5.56. The Labute approximate surface area is 114 Å². The van der Waals surface area contributed by atoms with Crippen molar-refractivity contribution in [3.63, 3.8) is 0 Å². The average Bonchev–Trinajstić information content (AvgIpc) is 2.36. The van der Waals surface area contributed by atoms with Crippen LogP contribution in [0, 0.1) is 0 Å². The molecule has 0 aliphatic heterocycles. The molecule has 0 fully saturated rings. The van der Waals surface area contributed by atoms with Crippen LogP contribution in [0.2, 0.25) is 0 Å². The van der Waals surface area contributed by atoms with Crippen LogP contribution < -0.4 is 0 Å². The van der Waals surface area contributed by atoms with E-state index in [4.69, 9.17) is 0 Å². The highest BCUT2D eigenvalue weighted by Crippen LogP contribution is 2.33. The van der Waals surface area contributed by atoms with Gasteiger partial charge in [0, 0.05) is 0 Å². The topological polar surface area (TPSA) is 0 Å². The Hall–Kier alpha value is -1.73. The van der Waals surface area contributed by atoms with Crippen LogP contribution in [-0.2, 0) is 0 Å². The number of hydrogen-bond donors (Lipinski definition) is 0. The second-order valence-corrected chi connectivity index (χ2v) is 4.29. The van der Waals surface area contributed by atoms with Crippen molar-refractivity contribution >= 4 is 45.8 Å². The van der Waals surface area contributed by atoms with Crippen molar-refractivity contribution in [1.29, 1.82) is 0 Å². The van der Waals surface area contributed by atoms with Gasteiger partial charge in [0.25, 0.3) is 0 Å². The van der Waals surface area contributed by atoms with E-state index in [2.05, 4.69) is 60.7 Å². The van der Waals surface area contributed by atoms with Crippen molar-refractivity contribution in [2.24, 2.45) is 0 Å². The summed E-state index contributed by atoms with van der Waals surface area (Å²) in [6, 6.07) is 21.9. The molecule has 0 radical (unpaired) electrons. The molecule has 0 heterocycles. The molecule has 0 unspecified atom stereocenters. The van der Waals surface area contributed by atoms with E-state index in [1.54, 1.807) is 0 Å². The van der Waals surface area contributed by atoms with Crippen LogP contribution in [0.15, 0.2) is 60.7 Å². The van der Waals surface area contributed by atoms with Gasteiger partial charge >= 0.3 is 0 Å². The van der Waals surface area contributed by atoms with Gasteiger partial charge in [-0.3, -0.25) is 0 Å². The standard InChI is InChI=1S/C16H10.CH4.H2S/c1-3-11-7-9-13-5-2-6-14-10-8-12(4-1)15(11)16(13)14;;/h1-10H;1H4;1H2. The lowest BCUT2D eigenvalue weighted by Gasteiger charge is -2.09. The van der Waals surface area contributed by atoms with Crippen molar-refractivity contribution in [2.75, 3.05) is 0 Å². The minimum Gasteiger partial charge on any atom is -0.197 e. The largest absolute Gasteiger partial charge is 0.197 e. The summed E-state index contributed by atoms with van der Waals surface area (Å²) >= 11 is 0. The molecule has 0 nitrogen and oxygen atoms in total. The second-order valence-electron chi connectivity index (χ2n) is 4.29. The molecule has 0 spiro atoms. The van der Waals surface area contributed by atoms with Crippen molar-refractivity contribution < 1.29 is 0 Å². The number of hydrogen-bond acceptors (Lipinski definition) is 0. The normalized spacial score (nSPS) is 10.4. The maximum atomic E-state index is 2.21. The lowest BCUT2D eigenvalue weighted by atomic mass is 9.95. The highest BCUT2D eigenvalue weighted by atomic mass is 32.1. The fourth-order valence-corrected chi connectivity index (χ4v) is 2.67. The Balaban J connectivity index is 0.000000602. The third kappa shape index (κ3) is 1.55. The quantitative estimate of drug-likeness (QED) is 0.371. The molecule has 1 heteroatoms. The molecular formula is C17H16S. The highest BCUT2D eigenvalue weighted by Gasteiger charge is 2.05. The zero-order chi connectivity index (χ0) is 10.5. The first-order chi connectivity index (χ1) is 7.93. The molecule has 4 aromatic rings. The first kappa shape index (κ1) is 12.7. The summed E-state index contributed by atoms with van der Waals surface area (Å²) in [6.07, 6.45) is 0. The molecule has 0 atom stereocenters. The van der Waals surface area contributed by atoms with Gasteiger partial charge in [0.1, 0.15) is 0 Å². The molecule has 4 aromatic carbocycles. The van der Waals surface area contributed by atoms with Gasteiger partial charge in [-0.15, -0.1) is 0 Å². The monoisotopic (exact) mass is 252 g/mol. The highest BCUT2D eigenvalue weighted by molar-refractivity contribution is 7.59. The Morgan fingerprint density at radius 3 is 1.00 bits per heavy atom. The summed E-state index contributed by atoms with van der Waals surface area (Å²) in [7, 11) is 0. The van der Waals surface area contributed by atoms with E-state index in [0.29, 0.717) is 0 Å². The summed E-state index contributed by atoms with van der Waals surface area (Å²) < 4.78 is 0. The SMILES string of the molecule is C.S.c1cc2ccc3cccc4ccc(c1)c2c34. The lowest BCUT2D eigenvalue weighted by molar-refractivity contribution is 1.78. The molecule has 0 bridgehead atoms. The molecule has 0 saturated heterocycles. The summed E-state index contributed by atoms with van der Waals surface area (Å²) in [5.41, 5.74) is 0. The van der Waals surface area contributed by atoms with Crippen molar-refractivity contribution in [3.8, 4) is 0 Å². The summed E-state index contributed by atoms with van der Waals surface area (Å²) in [5.74, 6) is 0. The molecule has 0 N–H and O–H groups in total. The van der Waals surface area contributed by atoms with Crippen LogP contribution in [0.3, 0.4) is 0 Å². The van der Waals surface area contributed by atoms with Crippen molar-refractivity contribution in [3.05, 3.63) is 60.7 Å². The molecular weight excluding hydrogens is 236 g/mol. The summed E-state index contributed by atoms with van der Waals surface area (Å²) in [4.78, 5) is 0. The van der Waals surface area contributed by atoms with Crippen LogP contribution in [-0.4, -0.2) is 0 Å². The number of rotatable bonds is 0. The van der Waals surface area contributed by atoms with E-state index < -0.39 is 0 Å². The summed E-state index contributed by atoms with van der Waals surface area (Å²) in [6.45, 7) is 0. The Morgan fingerprint density at radius 1 is 0.444 bits per heavy atom. The number of benzene rings is 4. The van der Waals surface area contributed by atoms with Crippen LogP contribution >= 0.6 is 13.5 Å². The van der Waals surface area contributed by atoms with E-state index in [0.717, 1.165) is 0 Å². The maximum absolute atomic E-state index is 2.21. The van der Waals surface area contributed by atoms with E-state index >= 15 is 0 Å². The van der Waals surface area contributed by atoms with Crippen LogP contribution in [0.1, 0.15) is 7.43 Å². The smallest absolute Gasteiger partial charge is 0.00268 e. The van der Waals surface area contributed by atoms with E-state index in [1.165, 1.54) is 32.3 Å². The van der Waals surface area contributed by atoms with Crippen LogP contribution in [0.5, 0.6) is 0 Å². The molecule has 0 amide bonds. The van der Waals surface area contributed by atoms with E-state index in [1.807, 2.05) is 0 Å². The van der Waals surface area contributed by atoms with Gasteiger partial charge in [-0.05, 0) is 32.3 Å². The minimum atomic E-state index is 0. The Kier molecular flexibility index (Phi) is 3.18. The molecule has 0 aliphatic rings. The molecule has 0 aromatic heterocycles. The third-order valence-electron chi connectivity index (χ3n) is 3.39. The average molecular weight is 252 g/mol. The van der Waals surface area contributed by atoms with Gasteiger partial charge in [0.2, 0.25) is 0 Å². The molecule has 0 saturated carbocycles. The van der Waals surface area contributed by atoms with Crippen LogP contribution in [0.4, 0.5) is 0 Å². The molecule has 0 aliphatic carbocycles.